The largest absolute Gasteiger partial charge is 0.506 e. The summed E-state index contributed by atoms with van der Waals surface area (Å²) in [6, 6.07) is 3.38. The molecule has 0 amide bonds. The summed E-state index contributed by atoms with van der Waals surface area (Å²) in [6.07, 6.45) is -0.809. The van der Waals surface area contributed by atoms with Crippen LogP contribution >= 0.6 is 23.8 Å². The van der Waals surface area contributed by atoms with Crippen molar-refractivity contribution < 1.29 is 10.2 Å². The van der Waals surface area contributed by atoms with Gasteiger partial charge in [-0.2, -0.15) is 0 Å². The lowest BCUT2D eigenvalue weighted by Gasteiger charge is -2.16. The molecule has 1 unspecified atom stereocenters. The lowest BCUT2D eigenvalue weighted by molar-refractivity contribution is 0.195. The van der Waals surface area contributed by atoms with Crippen molar-refractivity contribution in [3.05, 3.63) is 22.7 Å². The van der Waals surface area contributed by atoms with Crippen LogP contribution in [0.15, 0.2) is 12.1 Å². The highest BCUT2D eigenvalue weighted by molar-refractivity contribution is 7.80. The molecular weight excluding hydrogens is 272 g/mol. The van der Waals surface area contributed by atoms with E-state index < -0.39 is 6.10 Å². The van der Waals surface area contributed by atoms with E-state index in [9.17, 15) is 10.2 Å². The first-order valence-corrected chi connectivity index (χ1v) is 6.38. The third kappa shape index (κ3) is 4.01. The average molecular weight is 289 g/mol. The monoisotopic (exact) mass is 288 g/mol. The van der Waals surface area contributed by atoms with Gasteiger partial charge in [0.05, 0.1) is 11.1 Å². The quantitative estimate of drug-likeness (QED) is 0.509. The maximum atomic E-state index is 9.70. The zero-order valence-corrected chi connectivity index (χ0v) is 12.1. The van der Waals surface area contributed by atoms with Crippen LogP contribution in [-0.4, -0.2) is 21.4 Å². The number of anilines is 1. The smallest absolute Gasteiger partial charge is 0.170 e. The van der Waals surface area contributed by atoms with Crippen molar-refractivity contribution in [2.24, 2.45) is 0 Å². The van der Waals surface area contributed by atoms with Gasteiger partial charge in [0.25, 0.3) is 0 Å². The Morgan fingerprint density at radius 3 is 2.44 bits per heavy atom. The first-order chi connectivity index (χ1) is 8.31. The van der Waals surface area contributed by atoms with Gasteiger partial charge in [-0.1, -0.05) is 11.6 Å². The van der Waals surface area contributed by atoms with Crippen LogP contribution in [0.5, 0.6) is 5.75 Å². The molecule has 4 N–H and O–H groups in total. The summed E-state index contributed by atoms with van der Waals surface area (Å²) >= 11 is 11.0. The van der Waals surface area contributed by atoms with Gasteiger partial charge in [-0.15, -0.1) is 0 Å². The van der Waals surface area contributed by atoms with E-state index in [4.69, 9.17) is 23.8 Å². The molecular formula is C12H17ClN2O2S. The van der Waals surface area contributed by atoms with Crippen LogP contribution in [0.25, 0.3) is 0 Å². The topological polar surface area (TPSA) is 64.5 Å². The fourth-order valence-corrected chi connectivity index (χ4v) is 2.02. The van der Waals surface area contributed by atoms with E-state index in [-0.39, 0.29) is 16.8 Å². The van der Waals surface area contributed by atoms with Gasteiger partial charge in [0.15, 0.2) is 5.11 Å². The highest BCUT2D eigenvalue weighted by Gasteiger charge is 2.13. The van der Waals surface area contributed by atoms with Crippen molar-refractivity contribution in [3.63, 3.8) is 0 Å². The highest BCUT2D eigenvalue weighted by Crippen LogP contribution is 2.34. The number of hydrogen-bond acceptors (Lipinski definition) is 3. The van der Waals surface area contributed by atoms with Crippen LogP contribution in [0.1, 0.15) is 32.4 Å². The molecule has 0 bridgehead atoms. The number of aliphatic hydroxyl groups excluding tert-OH is 1. The van der Waals surface area contributed by atoms with Crippen LogP contribution in [-0.2, 0) is 0 Å². The number of halogens is 1. The van der Waals surface area contributed by atoms with Crippen LogP contribution < -0.4 is 10.6 Å². The molecule has 0 heterocycles. The molecule has 0 aliphatic carbocycles. The molecule has 100 valence electrons. The summed E-state index contributed by atoms with van der Waals surface area (Å²) < 4.78 is 0. The number of aromatic hydroxyl groups is 1. The molecule has 1 atom stereocenters. The molecule has 6 heteroatoms. The third-order valence-corrected chi connectivity index (χ3v) is 2.73. The number of rotatable bonds is 3. The maximum Gasteiger partial charge on any atom is 0.170 e. The minimum atomic E-state index is -0.809. The van der Waals surface area contributed by atoms with Gasteiger partial charge in [-0.3, -0.25) is 0 Å². The molecule has 1 aromatic carbocycles. The summed E-state index contributed by atoms with van der Waals surface area (Å²) in [7, 11) is 0. The van der Waals surface area contributed by atoms with E-state index in [2.05, 4.69) is 10.6 Å². The Hall–Kier alpha value is -1.04. The summed E-state index contributed by atoms with van der Waals surface area (Å²) in [5, 5.41) is 25.8. The number of aliphatic hydroxyl groups is 1. The van der Waals surface area contributed by atoms with Crippen molar-refractivity contribution in [1.82, 2.24) is 5.32 Å². The van der Waals surface area contributed by atoms with E-state index in [1.165, 1.54) is 0 Å². The predicted molar refractivity (Wildman–Crippen MR) is 78.2 cm³/mol. The molecule has 1 aromatic rings. The minimum Gasteiger partial charge on any atom is -0.506 e. The lowest BCUT2D eigenvalue weighted by Crippen LogP contribution is -2.33. The van der Waals surface area contributed by atoms with Crippen molar-refractivity contribution in [1.29, 1.82) is 0 Å². The molecule has 0 spiro atoms. The normalized spacial score (nSPS) is 12.3. The maximum absolute atomic E-state index is 9.70. The standard InChI is InChI=1S/C12H17ClN2O2S/c1-6(2)14-12(18)15-8-4-9(7(3)16)11(17)10(13)5-8/h4-7,16-17H,1-3H3,(H2,14,15,18). The molecule has 0 saturated carbocycles. The fourth-order valence-electron chi connectivity index (χ4n) is 1.44. The zero-order chi connectivity index (χ0) is 13.9. The van der Waals surface area contributed by atoms with Crippen molar-refractivity contribution >= 4 is 34.6 Å². The second-order valence-electron chi connectivity index (χ2n) is 4.33. The molecule has 0 aromatic heterocycles. The van der Waals surface area contributed by atoms with Crippen LogP contribution in [0.3, 0.4) is 0 Å². The molecule has 0 saturated heterocycles. The predicted octanol–water partition coefficient (Wildman–Crippen LogP) is 2.79. The number of benzene rings is 1. The Morgan fingerprint density at radius 1 is 1.33 bits per heavy atom. The summed E-state index contributed by atoms with van der Waals surface area (Å²) in [5.74, 6) is -0.111. The second-order valence-corrected chi connectivity index (χ2v) is 5.14. The van der Waals surface area contributed by atoms with Gasteiger partial charge < -0.3 is 20.8 Å². The van der Waals surface area contributed by atoms with E-state index in [0.29, 0.717) is 16.4 Å². The van der Waals surface area contributed by atoms with E-state index in [1.54, 1.807) is 19.1 Å². The fraction of sp³-hybridized carbons (Fsp3) is 0.417. The molecule has 4 nitrogen and oxygen atoms in total. The van der Waals surface area contributed by atoms with E-state index in [0.717, 1.165) is 0 Å². The van der Waals surface area contributed by atoms with Gasteiger partial charge in [0.1, 0.15) is 5.75 Å². The van der Waals surface area contributed by atoms with Crippen molar-refractivity contribution in [2.45, 2.75) is 32.9 Å². The Kier molecular flexibility index (Phi) is 5.19. The van der Waals surface area contributed by atoms with Gasteiger partial charge in [0.2, 0.25) is 0 Å². The Morgan fingerprint density at radius 2 is 1.94 bits per heavy atom. The van der Waals surface area contributed by atoms with Crippen LogP contribution in [0.4, 0.5) is 5.69 Å². The second kappa shape index (κ2) is 6.22. The number of hydrogen-bond donors (Lipinski definition) is 4. The number of phenolic OH excluding ortho intramolecular Hbond substituents is 1. The summed E-state index contributed by atoms with van der Waals surface area (Å²) in [5.41, 5.74) is 0.976. The van der Waals surface area contributed by atoms with E-state index >= 15 is 0 Å². The van der Waals surface area contributed by atoms with Crippen LogP contribution in [0.2, 0.25) is 5.02 Å². The van der Waals surface area contributed by atoms with E-state index in [1.807, 2.05) is 13.8 Å². The zero-order valence-electron chi connectivity index (χ0n) is 10.5. The Labute approximate surface area is 117 Å². The van der Waals surface area contributed by atoms with Gasteiger partial charge >= 0.3 is 0 Å². The summed E-state index contributed by atoms with van der Waals surface area (Å²) in [6.45, 7) is 5.50. The van der Waals surface area contributed by atoms with Crippen molar-refractivity contribution in [2.75, 3.05) is 5.32 Å². The van der Waals surface area contributed by atoms with Crippen molar-refractivity contribution in [3.8, 4) is 5.75 Å². The van der Waals surface area contributed by atoms with Crippen LogP contribution in [0, 0.1) is 0 Å². The third-order valence-electron chi connectivity index (χ3n) is 2.22. The highest BCUT2D eigenvalue weighted by atomic mass is 35.5. The number of thiocarbonyl (C=S) groups is 1. The van der Waals surface area contributed by atoms with Gasteiger partial charge in [-0.25, -0.2) is 0 Å². The summed E-state index contributed by atoms with van der Waals surface area (Å²) in [4.78, 5) is 0. The first kappa shape index (κ1) is 15.0. The SMILES string of the molecule is CC(C)NC(=S)Nc1cc(Cl)c(O)c(C(C)O)c1. The Bertz CT molecular complexity index is 450. The molecule has 1 rings (SSSR count). The molecule has 0 fully saturated rings. The average Bonchev–Trinajstić information content (AvgIpc) is 2.21. The minimum absolute atomic E-state index is 0.111. The first-order valence-electron chi connectivity index (χ1n) is 5.59. The number of nitrogens with one attached hydrogen (secondary N) is 2. The molecule has 18 heavy (non-hydrogen) atoms. The van der Waals surface area contributed by atoms with Gasteiger partial charge in [0, 0.05) is 17.3 Å². The molecule has 0 radical (unpaired) electrons. The van der Waals surface area contributed by atoms with Gasteiger partial charge in [-0.05, 0) is 45.1 Å². The molecule has 0 aliphatic rings. The number of phenols is 1. The lowest BCUT2D eigenvalue weighted by atomic mass is 10.1. The Balaban J connectivity index is 2.94. The molecule has 0 aliphatic heterocycles.